The summed E-state index contributed by atoms with van der Waals surface area (Å²) in [5.74, 6) is 1.88. The summed E-state index contributed by atoms with van der Waals surface area (Å²) in [4.78, 5) is 12.0. The predicted molar refractivity (Wildman–Crippen MR) is 70.0 cm³/mol. The Bertz CT molecular complexity index is 316. The Kier molecular flexibility index (Phi) is 3.45. The highest BCUT2D eigenvalue weighted by molar-refractivity contribution is 7.99. The second-order valence-corrected chi connectivity index (χ2v) is 6.72. The van der Waals surface area contributed by atoms with Crippen LogP contribution in [0.25, 0.3) is 0 Å². The van der Waals surface area contributed by atoms with Crippen molar-refractivity contribution < 1.29 is 9.53 Å². The minimum absolute atomic E-state index is 0.0108. The second-order valence-electron chi connectivity index (χ2n) is 5.69. The first kappa shape index (κ1) is 13.2. The van der Waals surface area contributed by atoms with Crippen LogP contribution in [-0.4, -0.2) is 42.3 Å². The maximum absolute atomic E-state index is 12.0. The first-order valence-electron chi connectivity index (χ1n) is 6.07. The molecule has 98 valence electrons. The fourth-order valence-electron chi connectivity index (χ4n) is 2.56. The summed E-state index contributed by atoms with van der Waals surface area (Å²) < 4.78 is 5.56. The molecule has 1 saturated heterocycles. The van der Waals surface area contributed by atoms with Gasteiger partial charge in [-0.15, -0.1) is 11.8 Å². The molecule has 1 heterocycles. The fourth-order valence-corrected chi connectivity index (χ4v) is 3.50. The average molecular weight is 258 g/mol. The van der Waals surface area contributed by atoms with Gasteiger partial charge in [0.05, 0.1) is 11.6 Å². The molecule has 0 bridgehead atoms. The van der Waals surface area contributed by atoms with Crippen molar-refractivity contribution in [2.75, 3.05) is 18.7 Å². The van der Waals surface area contributed by atoms with Gasteiger partial charge in [0.25, 0.3) is 0 Å². The number of nitrogens with one attached hydrogen (secondary N) is 2. The molecule has 1 aliphatic carbocycles. The molecule has 4 nitrogen and oxygen atoms in total. The van der Waals surface area contributed by atoms with Gasteiger partial charge in [0.15, 0.2) is 0 Å². The molecule has 0 radical (unpaired) electrons. The minimum Gasteiger partial charge on any atom is -0.378 e. The highest BCUT2D eigenvalue weighted by Gasteiger charge is 2.58. The van der Waals surface area contributed by atoms with E-state index in [0.717, 1.165) is 18.1 Å². The highest BCUT2D eigenvalue weighted by atomic mass is 32.2. The monoisotopic (exact) mass is 258 g/mol. The lowest BCUT2D eigenvalue weighted by atomic mass is 9.56. The highest BCUT2D eigenvalue weighted by Crippen LogP contribution is 2.51. The molecular weight excluding hydrogens is 236 g/mol. The molecule has 2 aliphatic rings. The van der Waals surface area contributed by atoms with Crippen molar-refractivity contribution in [3.63, 3.8) is 0 Å². The molecule has 2 rings (SSSR count). The second kappa shape index (κ2) is 4.44. The van der Waals surface area contributed by atoms with Crippen molar-refractivity contribution in [2.45, 2.75) is 44.9 Å². The number of carbonyl (C=O) groups is 1. The summed E-state index contributed by atoms with van der Waals surface area (Å²) in [6, 6.07) is 0.192. The number of thioether (sulfide) groups is 1. The van der Waals surface area contributed by atoms with Crippen LogP contribution in [0.3, 0.4) is 0 Å². The molecule has 0 spiro atoms. The molecule has 2 unspecified atom stereocenters. The summed E-state index contributed by atoms with van der Waals surface area (Å²) in [5, 5.41) is 6.33. The third-order valence-electron chi connectivity index (χ3n) is 4.63. The third-order valence-corrected chi connectivity index (χ3v) is 5.57. The van der Waals surface area contributed by atoms with E-state index < -0.39 is 0 Å². The van der Waals surface area contributed by atoms with E-state index >= 15 is 0 Å². The van der Waals surface area contributed by atoms with Crippen LogP contribution >= 0.6 is 11.8 Å². The maximum atomic E-state index is 12.0. The van der Waals surface area contributed by atoms with Crippen molar-refractivity contribution in [3.8, 4) is 0 Å². The van der Waals surface area contributed by atoms with Crippen molar-refractivity contribution in [2.24, 2.45) is 5.41 Å². The zero-order chi connectivity index (χ0) is 12.7. The lowest BCUT2D eigenvalue weighted by Crippen LogP contribution is -2.69. The van der Waals surface area contributed by atoms with Gasteiger partial charge in [0, 0.05) is 30.2 Å². The summed E-state index contributed by atoms with van der Waals surface area (Å²) in [6.45, 7) is 6.42. The Labute approximate surface area is 107 Å². The number of carbonyl (C=O) groups excluding carboxylic acids is 1. The van der Waals surface area contributed by atoms with E-state index in [-0.39, 0.29) is 29.0 Å². The van der Waals surface area contributed by atoms with Gasteiger partial charge in [-0.1, -0.05) is 13.8 Å². The zero-order valence-corrected chi connectivity index (χ0v) is 11.8. The van der Waals surface area contributed by atoms with Gasteiger partial charge < -0.3 is 10.1 Å². The van der Waals surface area contributed by atoms with Gasteiger partial charge >= 0.3 is 0 Å². The molecule has 1 saturated carbocycles. The maximum Gasteiger partial charge on any atom is 0.238 e. The van der Waals surface area contributed by atoms with Crippen molar-refractivity contribution in [1.82, 2.24) is 10.6 Å². The van der Waals surface area contributed by atoms with Crippen LogP contribution in [0.5, 0.6) is 0 Å². The van der Waals surface area contributed by atoms with Crippen LogP contribution in [0.1, 0.15) is 27.2 Å². The number of amides is 1. The number of methoxy groups -OCH3 is 1. The van der Waals surface area contributed by atoms with Gasteiger partial charge in [0.2, 0.25) is 5.91 Å². The molecule has 0 aromatic carbocycles. The molecule has 1 aliphatic heterocycles. The third kappa shape index (κ3) is 2.09. The SMILES string of the molecule is COC1(C)CC(NC(=O)[C@H]2CSCN2)C1(C)C. The van der Waals surface area contributed by atoms with Crippen LogP contribution in [0.4, 0.5) is 0 Å². The summed E-state index contributed by atoms with van der Waals surface area (Å²) in [6.07, 6.45) is 0.891. The average Bonchev–Trinajstić information content (AvgIpc) is 2.81. The predicted octanol–water partition coefficient (Wildman–Crippen LogP) is 0.969. The van der Waals surface area contributed by atoms with Crippen molar-refractivity contribution >= 4 is 17.7 Å². The van der Waals surface area contributed by atoms with Crippen molar-refractivity contribution in [3.05, 3.63) is 0 Å². The summed E-state index contributed by atoms with van der Waals surface area (Å²) >= 11 is 1.77. The van der Waals surface area contributed by atoms with Crippen LogP contribution < -0.4 is 10.6 Å². The normalized spacial score (nSPS) is 39.8. The molecule has 0 aromatic heterocycles. The van der Waals surface area contributed by atoms with Gasteiger partial charge in [-0.05, 0) is 13.3 Å². The van der Waals surface area contributed by atoms with E-state index in [1.807, 2.05) is 0 Å². The summed E-state index contributed by atoms with van der Waals surface area (Å²) in [7, 11) is 1.74. The Hall–Kier alpha value is -0.260. The summed E-state index contributed by atoms with van der Waals surface area (Å²) in [5.41, 5.74) is -0.133. The molecule has 1 amide bonds. The number of ether oxygens (including phenoxy) is 1. The number of hydrogen-bond acceptors (Lipinski definition) is 4. The molecule has 2 N–H and O–H groups in total. The molecule has 17 heavy (non-hydrogen) atoms. The molecule has 0 aromatic rings. The number of rotatable bonds is 3. The minimum atomic E-state index is -0.122. The Balaban J connectivity index is 1.91. The Morgan fingerprint density at radius 1 is 1.47 bits per heavy atom. The van der Waals surface area contributed by atoms with Gasteiger partial charge in [-0.3, -0.25) is 10.1 Å². The molecule has 3 atom stereocenters. The number of hydrogen-bond donors (Lipinski definition) is 2. The smallest absolute Gasteiger partial charge is 0.238 e. The largest absolute Gasteiger partial charge is 0.378 e. The van der Waals surface area contributed by atoms with E-state index in [2.05, 4.69) is 31.4 Å². The lowest BCUT2D eigenvalue weighted by molar-refractivity contribution is -0.182. The quantitative estimate of drug-likeness (QED) is 0.792. The standard InChI is InChI=1S/C12H22N2O2S/c1-11(2)9(5-12(11,3)16-4)14-10(15)8-6-17-7-13-8/h8-9,13H,5-7H2,1-4H3,(H,14,15)/t8-,9?,12?/m1/s1. The molecule has 5 heteroatoms. The molecule has 2 fully saturated rings. The van der Waals surface area contributed by atoms with E-state index in [1.165, 1.54) is 0 Å². The Morgan fingerprint density at radius 2 is 2.18 bits per heavy atom. The van der Waals surface area contributed by atoms with E-state index in [4.69, 9.17) is 4.74 Å². The van der Waals surface area contributed by atoms with Crippen LogP contribution in [0.2, 0.25) is 0 Å². The fraction of sp³-hybridized carbons (Fsp3) is 0.917. The molecular formula is C12H22N2O2S. The topological polar surface area (TPSA) is 50.4 Å². The zero-order valence-electron chi connectivity index (χ0n) is 11.0. The van der Waals surface area contributed by atoms with E-state index in [9.17, 15) is 4.79 Å². The Morgan fingerprint density at radius 3 is 2.65 bits per heavy atom. The van der Waals surface area contributed by atoms with Gasteiger partial charge in [-0.2, -0.15) is 0 Å². The van der Waals surface area contributed by atoms with Crippen LogP contribution in [-0.2, 0) is 9.53 Å². The first-order chi connectivity index (χ1) is 7.90. The van der Waals surface area contributed by atoms with Crippen molar-refractivity contribution in [1.29, 1.82) is 0 Å². The first-order valence-corrected chi connectivity index (χ1v) is 7.23. The van der Waals surface area contributed by atoms with Gasteiger partial charge in [0.1, 0.15) is 0 Å². The van der Waals surface area contributed by atoms with E-state index in [0.29, 0.717) is 0 Å². The van der Waals surface area contributed by atoms with Crippen LogP contribution in [0.15, 0.2) is 0 Å². The van der Waals surface area contributed by atoms with E-state index in [1.54, 1.807) is 18.9 Å². The lowest BCUT2D eigenvalue weighted by Gasteiger charge is -2.59. The van der Waals surface area contributed by atoms with Gasteiger partial charge in [-0.25, -0.2) is 0 Å². The van der Waals surface area contributed by atoms with Crippen LogP contribution in [0, 0.1) is 5.41 Å².